The first-order valence-corrected chi connectivity index (χ1v) is 3.60. The summed E-state index contributed by atoms with van der Waals surface area (Å²) in [5, 5.41) is 9.12. The predicted molar refractivity (Wildman–Crippen MR) is 42.2 cm³/mol. The van der Waals surface area contributed by atoms with Crippen molar-refractivity contribution in [2.45, 2.75) is 13.3 Å². The Kier molecular flexibility index (Phi) is 2.85. The highest BCUT2D eigenvalue weighted by Gasteiger charge is 1.99. The molecule has 1 N–H and O–H groups in total. The quantitative estimate of drug-likeness (QED) is 0.730. The average Bonchev–Trinajstić information content (AvgIpc) is 2.04. The lowest BCUT2D eigenvalue weighted by molar-refractivity contribution is 0.282. The van der Waals surface area contributed by atoms with Gasteiger partial charge in [0.1, 0.15) is 6.67 Å². The van der Waals surface area contributed by atoms with Crippen molar-refractivity contribution >= 4 is 11.6 Å². The van der Waals surface area contributed by atoms with Gasteiger partial charge in [-0.2, -0.15) is 0 Å². The summed E-state index contributed by atoms with van der Waals surface area (Å²) in [6.07, 6.45) is 0. The van der Waals surface area contributed by atoms with Gasteiger partial charge in [0.2, 0.25) is 0 Å². The highest BCUT2D eigenvalue weighted by atomic mass is 35.5. The van der Waals surface area contributed by atoms with Gasteiger partial charge in [0.25, 0.3) is 0 Å². The van der Waals surface area contributed by atoms with Crippen LogP contribution >= 0.6 is 11.6 Å². The predicted octanol–water partition coefficient (Wildman–Crippen LogP) is 2.30. The Balaban J connectivity index is 2.99. The van der Waals surface area contributed by atoms with Gasteiger partial charge in [-0.05, 0) is 17.2 Å². The lowest BCUT2D eigenvalue weighted by atomic mass is 10.1. The third-order valence-corrected chi connectivity index (χ3v) is 1.79. The maximum absolute atomic E-state index is 12.0. The van der Waals surface area contributed by atoms with E-state index in [0.29, 0.717) is 16.1 Å². The highest BCUT2D eigenvalue weighted by molar-refractivity contribution is 6.31. The second-order valence-electron chi connectivity index (χ2n) is 2.22. The van der Waals surface area contributed by atoms with E-state index >= 15 is 0 Å². The molecule has 0 spiro atoms. The molecule has 0 radical (unpaired) electrons. The van der Waals surface area contributed by atoms with Crippen LogP contribution in [0.15, 0.2) is 18.2 Å². The van der Waals surface area contributed by atoms with Gasteiger partial charge >= 0.3 is 0 Å². The lowest BCUT2D eigenvalue weighted by Gasteiger charge is -2.00. The molecular weight excluding hydrogens is 167 g/mol. The van der Waals surface area contributed by atoms with Gasteiger partial charge in [0, 0.05) is 5.02 Å². The van der Waals surface area contributed by atoms with Crippen LogP contribution < -0.4 is 0 Å². The van der Waals surface area contributed by atoms with Crippen LogP contribution in [0.3, 0.4) is 0 Å². The molecule has 0 aliphatic carbocycles. The number of halogens is 2. The molecule has 0 saturated carbocycles. The molecule has 1 aromatic rings. The van der Waals surface area contributed by atoms with Crippen molar-refractivity contribution in [2.24, 2.45) is 0 Å². The zero-order chi connectivity index (χ0) is 8.27. The molecule has 0 aromatic heterocycles. The van der Waals surface area contributed by atoms with Crippen molar-refractivity contribution in [3.05, 3.63) is 34.3 Å². The van der Waals surface area contributed by atoms with Gasteiger partial charge in [-0.1, -0.05) is 23.7 Å². The minimum Gasteiger partial charge on any atom is -0.392 e. The van der Waals surface area contributed by atoms with Crippen molar-refractivity contribution in [3.8, 4) is 0 Å². The molecule has 3 heteroatoms. The largest absolute Gasteiger partial charge is 0.392 e. The summed E-state index contributed by atoms with van der Waals surface area (Å²) >= 11 is 5.68. The van der Waals surface area contributed by atoms with Gasteiger partial charge in [0.15, 0.2) is 0 Å². The fourth-order valence-electron chi connectivity index (χ4n) is 0.802. The Morgan fingerprint density at radius 2 is 2.18 bits per heavy atom. The van der Waals surface area contributed by atoms with Crippen LogP contribution in [-0.4, -0.2) is 5.11 Å². The molecule has 11 heavy (non-hydrogen) atoms. The van der Waals surface area contributed by atoms with Crippen molar-refractivity contribution in [2.75, 3.05) is 0 Å². The van der Waals surface area contributed by atoms with Crippen LogP contribution in [0.4, 0.5) is 4.39 Å². The fourth-order valence-corrected chi connectivity index (χ4v) is 1.07. The molecule has 0 aliphatic rings. The number of aliphatic hydroxyl groups is 1. The number of rotatable bonds is 2. The monoisotopic (exact) mass is 174 g/mol. The lowest BCUT2D eigenvalue weighted by Crippen LogP contribution is -1.86. The second kappa shape index (κ2) is 3.69. The number of benzene rings is 1. The van der Waals surface area contributed by atoms with Crippen molar-refractivity contribution in [1.82, 2.24) is 0 Å². The van der Waals surface area contributed by atoms with E-state index in [-0.39, 0.29) is 6.61 Å². The van der Waals surface area contributed by atoms with Gasteiger partial charge in [0.05, 0.1) is 6.61 Å². The molecular formula is C8H8ClFO. The zero-order valence-corrected chi connectivity index (χ0v) is 6.61. The molecule has 1 nitrogen and oxygen atoms in total. The maximum atomic E-state index is 12.0. The third kappa shape index (κ3) is 1.91. The van der Waals surface area contributed by atoms with Crippen LogP contribution in [0.2, 0.25) is 5.02 Å². The third-order valence-electron chi connectivity index (χ3n) is 1.44. The molecule has 0 aliphatic heterocycles. The van der Waals surface area contributed by atoms with E-state index < -0.39 is 6.67 Å². The molecule has 0 saturated heterocycles. The highest BCUT2D eigenvalue weighted by Crippen LogP contribution is 2.18. The van der Waals surface area contributed by atoms with Gasteiger partial charge in [-0.25, -0.2) is 4.39 Å². The van der Waals surface area contributed by atoms with Gasteiger partial charge in [-0.15, -0.1) is 0 Å². The summed E-state index contributed by atoms with van der Waals surface area (Å²) in [5.74, 6) is 0. The van der Waals surface area contributed by atoms with E-state index in [4.69, 9.17) is 16.7 Å². The van der Waals surface area contributed by atoms with E-state index in [0.717, 1.165) is 0 Å². The molecule has 0 unspecified atom stereocenters. The average molecular weight is 175 g/mol. The topological polar surface area (TPSA) is 20.2 Å². The zero-order valence-electron chi connectivity index (χ0n) is 5.85. The van der Waals surface area contributed by atoms with Gasteiger partial charge in [-0.3, -0.25) is 0 Å². The first-order valence-electron chi connectivity index (χ1n) is 3.22. The first kappa shape index (κ1) is 8.50. The summed E-state index contributed by atoms with van der Waals surface area (Å²) in [6.45, 7) is -0.628. The SMILES string of the molecule is OCc1ccc(CF)cc1Cl. The number of hydrogen-bond acceptors (Lipinski definition) is 1. The summed E-state index contributed by atoms with van der Waals surface area (Å²) in [4.78, 5) is 0. The van der Waals surface area contributed by atoms with Crippen LogP contribution in [0.1, 0.15) is 11.1 Å². The number of aliphatic hydroxyl groups excluding tert-OH is 1. The smallest absolute Gasteiger partial charge is 0.115 e. The molecule has 0 heterocycles. The van der Waals surface area contributed by atoms with E-state index in [9.17, 15) is 4.39 Å². The Labute approximate surface area is 69.4 Å². The van der Waals surface area contributed by atoms with E-state index in [1.165, 1.54) is 6.07 Å². The molecule has 60 valence electrons. The normalized spacial score (nSPS) is 10.1. The Hall–Kier alpha value is -0.600. The summed E-state index contributed by atoms with van der Waals surface area (Å²) < 4.78 is 12.0. The first-order chi connectivity index (χ1) is 5.27. The molecule has 1 aromatic carbocycles. The van der Waals surface area contributed by atoms with Crippen LogP contribution in [0.5, 0.6) is 0 Å². The summed E-state index contributed by atoms with van der Waals surface area (Å²) in [6, 6.07) is 4.75. The van der Waals surface area contributed by atoms with E-state index in [2.05, 4.69) is 0 Å². The minimum atomic E-state index is -0.522. The maximum Gasteiger partial charge on any atom is 0.115 e. The van der Waals surface area contributed by atoms with Crippen LogP contribution in [-0.2, 0) is 13.3 Å². The van der Waals surface area contributed by atoms with Gasteiger partial charge < -0.3 is 5.11 Å². The Morgan fingerprint density at radius 3 is 2.64 bits per heavy atom. The molecule has 0 amide bonds. The molecule has 0 bridgehead atoms. The Bertz CT molecular complexity index is 250. The molecule has 0 atom stereocenters. The molecule has 0 fully saturated rings. The van der Waals surface area contributed by atoms with Crippen molar-refractivity contribution in [1.29, 1.82) is 0 Å². The standard InChI is InChI=1S/C8H8ClFO/c9-8-3-6(4-10)1-2-7(8)5-11/h1-3,11H,4-5H2. The van der Waals surface area contributed by atoms with E-state index in [1.807, 2.05) is 0 Å². The van der Waals surface area contributed by atoms with Crippen LogP contribution in [0, 0.1) is 0 Å². The van der Waals surface area contributed by atoms with E-state index in [1.54, 1.807) is 12.1 Å². The number of alkyl halides is 1. The number of hydrogen-bond donors (Lipinski definition) is 1. The second-order valence-corrected chi connectivity index (χ2v) is 2.62. The van der Waals surface area contributed by atoms with Crippen molar-refractivity contribution in [3.63, 3.8) is 0 Å². The molecule has 1 rings (SSSR count). The Morgan fingerprint density at radius 1 is 1.45 bits per heavy atom. The fraction of sp³-hybridized carbons (Fsp3) is 0.250. The summed E-state index contributed by atoms with van der Waals surface area (Å²) in [5.41, 5.74) is 1.16. The summed E-state index contributed by atoms with van der Waals surface area (Å²) in [7, 11) is 0. The minimum absolute atomic E-state index is 0.106. The van der Waals surface area contributed by atoms with Crippen molar-refractivity contribution < 1.29 is 9.50 Å². The van der Waals surface area contributed by atoms with Crippen LogP contribution in [0.25, 0.3) is 0 Å².